The van der Waals surface area contributed by atoms with E-state index in [0.717, 1.165) is 54.4 Å². The number of methoxy groups -OCH3 is 3. The second kappa shape index (κ2) is 8.07. The molecule has 0 saturated heterocycles. The van der Waals surface area contributed by atoms with Crippen LogP contribution in [-0.4, -0.2) is 58.4 Å². The van der Waals surface area contributed by atoms with Gasteiger partial charge >= 0.3 is 0 Å². The zero-order valence-corrected chi connectivity index (χ0v) is 15.0. The second-order valence-corrected chi connectivity index (χ2v) is 5.93. The molecular formula is C19H25N3O3. The molecule has 0 fully saturated rings. The minimum absolute atomic E-state index is 0.707. The third-order valence-corrected chi connectivity index (χ3v) is 4.35. The Morgan fingerprint density at radius 2 is 1.80 bits per heavy atom. The average Bonchev–Trinajstić information content (AvgIpc) is 3.10. The van der Waals surface area contributed by atoms with Crippen molar-refractivity contribution >= 4 is 16.7 Å². The molecule has 0 amide bonds. The molecule has 2 aromatic carbocycles. The topological polar surface area (TPSA) is 55.3 Å². The van der Waals surface area contributed by atoms with Crippen molar-refractivity contribution in [2.24, 2.45) is 4.99 Å². The number of nitrogens with one attached hydrogen (secondary N) is 1. The average molecular weight is 343 g/mol. The Kier molecular flexibility index (Phi) is 5.60. The van der Waals surface area contributed by atoms with Crippen molar-refractivity contribution in [1.29, 1.82) is 0 Å². The number of benzene rings is 2. The van der Waals surface area contributed by atoms with Crippen LogP contribution in [-0.2, 0) is 11.3 Å². The van der Waals surface area contributed by atoms with Crippen LogP contribution in [0.2, 0.25) is 0 Å². The van der Waals surface area contributed by atoms with Crippen molar-refractivity contribution in [3.63, 3.8) is 0 Å². The van der Waals surface area contributed by atoms with E-state index in [1.807, 2.05) is 12.1 Å². The van der Waals surface area contributed by atoms with E-state index in [0.29, 0.717) is 6.61 Å². The number of hydrogen-bond donors (Lipinski definition) is 1. The van der Waals surface area contributed by atoms with Crippen molar-refractivity contribution in [2.45, 2.75) is 6.54 Å². The van der Waals surface area contributed by atoms with Crippen molar-refractivity contribution in [1.82, 2.24) is 10.2 Å². The Balaban J connectivity index is 1.71. The molecule has 0 aromatic heterocycles. The van der Waals surface area contributed by atoms with Gasteiger partial charge in [-0.05, 0) is 34.5 Å². The number of ether oxygens (including phenoxy) is 3. The predicted octanol–water partition coefficient (Wildman–Crippen LogP) is 2.26. The summed E-state index contributed by atoms with van der Waals surface area (Å²) in [5.41, 5.74) is 1.20. The lowest BCUT2D eigenvalue weighted by atomic mass is 10.1. The highest BCUT2D eigenvalue weighted by molar-refractivity contribution is 5.87. The maximum absolute atomic E-state index is 5.40. The fourth-order valence-corrected chi connectivity index (χ4v) is 2.98. The van der Waals surface area contributed by atoms with Gasteiger partial charge in [0.15, 0.2) is 17.5 Å². The fraction of sp³-hybridized carbons (Fsp3) is 0.421. The summed E-state index contributed by atoms with van der Waals surface area (Å²) in [6.07, 6.45) is 0. The molecule has 0 radical (unpaired) electrons. The smallest absolute Gasteiger partial charge is 0.194 e. The number of nitrogens with zero attached hydrogens (tertiary/aromatic N) is 2. The number of aliphatic imine (C=N–C) groups is 1. The number of fused-ring (bicyclic) bond motifs is 1. The van der Waals surface area contributed by atoms with E-state index < -0.39 is 0 Å². The molecule has 25 heavy (non-hydrogen) atoms. The third-order valence-electron chi connectivity index (χ3n) is 4.35. The van der Waals surface area contributed by atoms with E-state index in [1.165, 1.54) is 5.56 Å². The molecule has 3 rings (SSSR count). The molecule has 0 unspecified atom stereocenters. The Hall–Kier alpha value is -2.47. The van der Waals surface area contributed by atoms with Gasteiger partial charge in [0.2, 0.25) is 0 Å². The summed E-state index contributed by atoms with van der Waals surface area (Å²) in [5.74, 6) is 2.44. The largest absolute Gasteiger partial charge is 0.493 e. The lowest BCUT2D eigenvalue weighted by molar-refractivity contribution is 0.178. The van der Waals surface area contributed by atoms with E-state index in [2.05, 4.69) is 33.4 Å². The summed E-state index contributed by atoms with van der Waals surface area (Å²) >= 11 is 0. The lowest BCUT2D eigenvalue weighted by Gasteiger charge is -2.20. The molecule has 0 bridgehead atoms. The summed E-state index contributed by atoms with van der Waals surface area (Å²) in [5, 5.41) is 5.69. The SMILES string of the molecule is COCCN1CCN=C1NCc1ccc2cc(OC)c(OC)cc2c1. The monoisotopic (exact) mass is 343 g/mol. The van der Waals surface area contributed by atoms with Crippen LogP contribution in [0.5, 0.6) is 11.5 Å². The fourth-order valence-electron chi connectivity index (χ4n) is 2.98. The zero-order valence-electron chi connectivity index (χ0n) is 15.0. The number of rotatable bonds is 7. The van der Waals surface area contributed by atoms with Gasteiger partial charge < -0.3 is 24.4 Å². The summed E-state index contributed by atoms with van der Waals surface area (Å²) < 4.78 is 15.9. The van der Waals surface area contributed by atoms with Gasteiger partial charge in [0.05, 0.1) is 27.4 Å². The van der Waals surface area contributed by atoms with Crippen LogP contribution in [0.25, 0.3) is 10.8 Å². The van der Waals surface area contributed by atoms with Crippen LogP contribution < -0.4 is 14.8 Å². The molecule has 1 aliphatic heterocycles. The standard InChI is InChI=1S/C19H25N3O3/c1-23-9-8-22-7-6-20-19(22)21-13-14-4-5-15-11-17(24-2)18(25-3)12-16(15)10-14/h4-5,10-12H,6-9,13H2,1-3H3,(H,20,21). The van der Waals surface area contributed by atoms with Crippen molar-refractivity contribution in [2.75, 3.05) is 47.6 Å². The van der Waals surface area contributed by atoms with Crippen LogP contribution >= 0.6 is 0 Å². The third kappa shape index (κ3) is 3.96. The first-order valence-electron chi connectivity index (χ1n) is 8.42. The van der Waals surface area contributed by atoms with Crippen LogP contribution in [0.4, 0.5) is 0 Å². The highest BCUT2D eigenvalue weighted by Gasteiger charge is 2.16. The number of guanidine groups is 1. The zero-order chi connectivity index (χ0) is 17.6. The molecule has 134 valence electrons. The second-order valence-electron chi connectivity index (χ2n) is 5.93. The molecule has 0 atom stereocenters. The van der Waals surface area contributed by atoms with Crippen LogP contribution in [0, 0.1) is 0 Å². The van der Waals surface area contributed by atoms with Crippen molar-refractivity contribution < 1.29 is 14.2 Å². The molecule has 0 spiro atoms. The summed E-state index contributed by atoms with van der Waals surface area (Å²) in [6.45, 7) is 4.07. The molecule has 0 saturated carbocycles. The Labute approximate surface area is 148 Å². The quantitative estimate of drug-likeness (QED) is 0.836. The van der Waals surface area contributed by atoms with Crippen molar-refractivity contribution in [3.8, 4) is 11.5 Å². The maximum atomic E-state index is 5.40. The highest BCUT2D eigenvalue weighted by Crippen LogP contribution is 2.32. The Bertz CT molecular complexity index is 761. The first kappa shape index (κ1) is 17.4. The lowest BCUT2D eigenvalue weighted by Crippen LogP contribution is -2.39. The molecule has 1 N–H and O–H groups in total. The van der Waals surface area contributed by atoms with Crippen LogP contribution in [0.15, 0.2) is 35.3 Å². The number of hydrogen-bond acceptors (Lipinski definition) is 6. The van der Waals surface area contributed by atoms with E-state index >= 15 is 0 Å². The molecule has 0 aliphatic carbocycles. The van der Waals surface area contributed by atoms with E-state index in [4.69, 9.17) is 14.2 Å². The minimum atomic E-state index is 0.707. The molecule has 1 aliphatic rings. The van der Waals surface area contributed by atoms with E-state index in [-0.39, 0.29) is 0 Å². The summed E-state index contributed by atoms with van der Waals surface area (Å²) in [6, 6.07) is 10.4. The van der Waals surface area contributed by atoms with Crippen LogP contribution in [0.3, 0.4) is 0 Å². The molecular weight excluding hydrogens is 318 g/mol. The first-order valence-corrected chi connectivity index (χ1v) is 8.42. The van der Waals surface area contributed by atoms with Gasteiger partial charge in [0, 0.05) is 26.7 Å². The van der Waals surface area contributed by atoms with Gasteiger partial charge in [-0.2, -0.15) is 0 Å². The molecule has 1 heterocycles. The van der Waals surface area contributed by atoms with Gasteiger partial charge in [-0.3, -0.25) is 4.99 Å². The highest BCUT2D eigenvalue weighted by atomic mass is 16.5. The van der Waals surface area contributed by atoms with Crippen LogP contribution in [0.1, 0.15) is 5.56 Å². The Morgan fingerprint density at radius 3 is 2.52 bits per heavy atom. The van der Waals surface area contributed by atoms with Crippen molar-refractivity contribution in [3.05, 3.63) is 35.9 Å². The summed E-state index contributed by atoms with van der Waals surface area (Å²) in [7, 11) is 5.03. The molecule has 6 nitrogen and oxygen atoms in total. The minimum Gasteiger partial charge on any atom is -0.493 e. The first-order chi connectivity index (χ1) is 12.2. The van der Waals surface area contributed by atoms with Gasteiger partial charge in [-0.1, -0.05) is 12.1 Å². The molecule has 6 heteroatoms. The van der Waals surface area contributed by atoms with E-state index in [1.54, 1.807) is 21.3 Å². The van der Waals surface area contributed by atoms with Gasteiger partial charge in [0.1, 0.15) is 0 Å². The molecule has 2 aromatic rings. The van der Waals surface area contributed by atoms with Gasteiger partial charge in [-0.15, -0.1) is 0 Å². The normalized spacial score (nSPS) is 13.9. The van der Waals surface area contributed by atoms with Gasteiger partial charge in [0.25, 0.3) is 0 Å². The Morgan fingerprint density at radius 1 is 1.04 bits per heavy atom. The van der Waals surface area contributed by atoms with E-state index in [9.17, 15) is 0 Å². The maximum Gasteiger partial charge on any atom is 0.194 e. The predicted molar refractivity (Wildman–Crippen MR) is 99.6 cm³/mol. The van der Waals surface area contributed by atoms with Gasteiger partial charge in [-0.25, -0.2) is 0 Å². The summed E-state index contributed by atoms with van der Waals surface area (Å²) in [4.78, 5) is 6.76.